The van der Waals surface area contributed by atoms with Gasteiger partial charge in [0, 0.05) is 6.54 Å². The summed E-state index contributed by atoms with van der Waals surface area (Å²) in [5.41, 5.74) is 3.61. The summed E-state index contributed by atoms with van der Waals surface area (Å²) in [6.07, 6.45) is 4.05. The van der Waals surface area contributed by atoms with E-state index in [1.165, 1.54) is 30.3 Å². The molecule has 1 aliphatic carbocycles. The molecule has 19 heavy (non-hydrogen) atoms. The molecule has 2 atom stereocenters. The smallest absolute Gasteiger partial charge is 0.124 e. The lowest BCUT2D eigenvalue weighted by atomic mass is 10.1. The van der Waals surface area contributed by atoms with Gasteiger partial charge in [0.1, 0.15) is 5.82 Å². The van der Waals surface area contributed by atoms with Crippen LogP contribution in [0.2, 0.25) is 0 Å². The molecule has 0 bridgehead atoms. The summed E-state index contributed by atoms with van der Waals surface area (Å²) in [6.45, 7) is 5.57. The zero-order valence-corrected chi connectivity index (χ0v) is 12.5. The highest BCUT2D eigenvalue weighted by molar-refractivity contribution is 6.16. The Morgan fingerprint density at radius 3 is 2.89 bits per heavy atom. The second kappa shape index (κ2) is 5.16. The van der Waals surface area contributed by atoms with Crippen molar-refractivity contribution in [3.05, 3.63) is 29.6 Å². The standard InChI is InChI=1S/C16H21ClN2/c1-11-3-5-13(7-11)10-19-15-8-12(2)4-6-14(15)18-16(19)9-17/h4,6,8,11,13H,3,5,7,9-10H2,1-2H3. The molecule has 1 aromatic heterocycles. The van der Waals surface area contributed by atoms with Crippen LogP contribution < -0.4 is 0 Å². The molecule has 0 radical (unpaired) electrons. The van der Waals surface area contributed by atoms with E-state index in [-0.39, 0.29) is 0 Å². The largest absolute Gasteiger partial charge is 0.327 e. The minimum Gasteiger partial charge on any atom is -0.327 e. The molecule has 1 fully saturated rings. The topological polar surface area (TPSA) is 17.8 Å². The van der Waals surface area contributed by atoms with Crippen molar-refractivity contribution in [3.8, 4) is 0 Å². The van der Waals surface area contributed by atoms with Crippen LogP contribution in [0.15, 0.2) is 18.2 Å². The molecule has 2 nitrogen and oxygen atoms in total. The van der Waals surface area contributed by atoms with E-state index < -0.39 is 0 Å². The quantitative estimate of drug-likeness (QED) is 0.754. The van der Waals surface area contributed by atoms with Crippen LogP contribution >= 0.6 is 11.6 Å². The Bertz CT molecular complexity index is 588. The molecule has 0 N–H and O–H groups in total. The summed E-state index contributed by atoms with van der Waals surface area (Å²) in [5.74, 6) is 3.17. The monoisotopic (exact) mass is 276 g/mol. The Labute approximate surface area is 119 Å². The van der Waals surface area contributed by atoms with Gasteiger partial charge in [0.15, 0.2) is 0 Å². The Kier molecular flexibility index (Phi) is 3.53. The van der Waals surface area contributed by atoms with Gasteiger partial charge < -0.3 is 4.57 Å². The van der Waals surface area contributed by atoms with Crippen LogP contribution in [-0.4, -0.2) is 9.55 Å². The average molecular weight is 277 g/mol. The van der Waals surface area contributed by atoms with E-state index in [0.29, 0.717) is 5.88 Å². The van der Waals surface area contributed by atoms with Gasteiger partial charge in [0.25, 0.3) is 0 Å². The van der Waals surface area contributed by atoms with Crippen LogP contribution in [0, 0.1) is 18.8 Å². The van der Waals surface area contributed by atoms with Gasteiger partial charge in [-0.2, -0.15) is 0 Å². The minimum atomic E-state index is 0.496. The maximum absolute atomic E-state index is 6.07. The van der Waals surface area contributed by atoms with Crippen molar-refractivity contribution in [2.75, 3.05) is 0 Å². The van der Waals surface area contributed by atoms with E-state index in [1.54, 1.807) is 0 Å². The van der Waals surface area contributed by atoms with Crippen molar-refractivity contribution in [2.45, 2.75) is 45.5 Å². The first-order valence-electron chi connectivity index (χ1n) is 7.19. The fraction of sp³-hybridized carbons (Fsp3) is 0.562. The average Bonchev–Trinajstić information content (AvgIpc) is 2.94. The van der Waals surface area contributed by atoms with Crippen LogP contribution in [0.4, 0.5) is 0 Å². The molecule has 0 aliphatic heterocycles. The number of hydrogen-bond acceptors (Lipinski definition) is 1. The van der Waals surface area contributed by atoms with Crippen molar-refractivity contribution in [2.24, 2.45) is 11.8 Å². The third-order valence-corrected chi connectivity index (χ3v) is 4.59. The molecule has 0 saturated heterocycles. The van der Waals surface area contributed by atoms with E-state index in [0.717, 1.165) is 29.7 Å². The molecule has 2 aromatic rings. The van der Waals surface area contributed by atoms with Crippen LogP contribution in [0.5, 0.6) is 0 Å². The highest BCUT2D eigenvalue weighted by atomic mass is 35.5. The van der Waals surface area contributed by atoms with Gasteiger partial charge in [-0.25, -0.2) is 4.98 Å². The van der Waals surface area contributed by atoms with Crippen LogP contribution in [0.3, 0.4) is 0 Å². The summed E-state index contributed by atoms with van der Waals surface area (Å²) in [4.78, 5) is 4.66. The van der Waals surface area contributed by atoms with Crippen LogP contribution in [-0.2, 0) is 12.4 Å². The summed E-state index contributed by atoms with van der Waals surface area (Å²) in [5, 5.41) is 0. The lowest BCUT2D eigenvalue weighted by Crippen LogP contribution is -2.10. The summed E-state index contributed by atoms with van der Waals surface area (Å²) < 4.78 is 2.35. The zero-order chi connectivity index (χ0) is 13.4. The Morgan fingerprint density at radius 1 is 1.37 bits per heavy atom. The number of benzene rings is 1. The Hall–Kier alpha value is -1.02. The van der Waals surface area contributed by atoms with Gasteiger partial charge in [-0.1, -0.05) is 19.4 Å². The highest BCUT2D eigenvalue weighted by Gasteiger charge is 2.23. The molecule has 102 valence electrons. The number of imidazole rings is 1. The van der Waals surface area contributed by atoms with Crippen LogP contribution in [0.1, 0.15) is 37.6 Å². The van der Waals surface area contributed by atoms with Crippen molar-refractivity contribution >= 4 is 22.6 Å². The molecular weight excluding hydrogens is 256 g/mol. The lowest BCUT2D eigenvalue weighted by Gasteiger charge is -2.14. The number of aryl methyl sites for hydroxylation is 1. The fourth-order valence-electron chi connectivity index (χ4n) is 3.34. The first kappa shape index (κ1) is 13.0. The number of aromatic nitrogens is 2. The van der Waals surface area contributed by atoms with Gasteiger partial charge in [-0.05, 0) is 49.3 Å². The lowest BCUT2D eigenvalue weighted by molar-refractivity contribution is 0.441. The van der Waals surface area contributed by atoms with Crippen LogP contribution in [0.25, 0.3) is 11.0 Å². The second-order valence-corrected chi connectivity index (χ2v) is 6.32. The van der Waals surface area contributed by atoms with E-state index in [2.05, 4.69) is 41.6 Å². The molecule has 2 unspecified atom stereocenters. The summed E-state index contributed by atoms with van der Waals surface area (Å²) in [6, 6.07) is 6.46. The van der Waals surface area contributed by atoms with Crippen molar-refractivity contribution in [3.63, 3.8) is 0 Å². The van der Waals surface area contributed by atoms with Gasteiger partial charge in [0.2, 0.25) is 0 Å². The number of alkyl halides is 1. The third kappa shape index (κ3) is 2.51. The number of rotatable bonds is 3. The summed E-state index contributed by atoms with van der Waals surface area (Å²) >= 11 is 6.07. The maximum Gasteiger partial charge on any atom is 0.124 e. The molecular formula is C16H21ClN2. The van der Waals surface area contributed by atoms with Crippen molar-refractivity contribution < 1.29 is 0 Å². The molecule has 0 spiro atoms. The van der Waals surface area contributed by atoms with Gasteiger partial charge in [-0.3, -0.25) is 0 Å². The van der Waals surface area contributed by atoms with E-state index in [1.807, 2.05) is 0 Å². The number of fused-ring (bicyclic) bond motifs is 1. The summed E-state index contributed by atoms with van der Waals surface area (Å²) in [7, 11) is 0. The Morgan fingerprint density at radius 2 is 2.21 bits per heavy atom. The molecule has 1 saturated carbocycles. The predicted molar refractivity (Wildman–Crippen MR) is 80.5 cm³/mol. The van der Waals surface area contributed by atoms with Gasteiger partial charge in [-0.15, -0.1) is 11.6 Å². The fourth-order valence-corrected chi connectivity index (χ4v) is 3.54. The molecule has 3 heteroatoms. The van der Waals surface area contributed by atoms with Crippen molar-refractivity contribution in [1.29, 1.82) is 0 Å². The molecule has 1 aliphatic rings. The number of halogens is 1. The number of hydrogen-bond donors (Lipinski definition) is 0. The molecule has 0 amide bonds. The van der Waals surface area contributed by atoms with E-state index >= 15 is 0 Å². The van der Waals surface area contributed by atoms with Crippen molar-refractivity contribution in [1.82, 2.24) is 9.55 Å². The van der Waals surface area contributed by atoms with Gasteiger partial charge >= 0.3 is 0 Å². The highest BCUT2D eigenvalue weighted by Crippen LogP contribution is 2.33. The number of nitrogens with zero attached hydrogens (tertiary/aromatic N) is 2. The third-order valence-electron chi connectivity index (χ3n) is 4.35. The van der Waals surface area contributed by atoms with E-state index in [9.17, 15) is 0 Å². The van der Waals surface area contributed by atoms with E-state index in [4.69, 9.17) is 11.6 Å². The predicted octanol–water partition coefficient (Wildman–Crippen LogP) is 4.52. The second-order valence-electron chi connectivity index (χ2n) is 6.05. The SMILES string of the molecule is Cc1ccc2nc(CCl)n(CC3CCC(C)C3)c2c1. The molecule has 3 rings (SSSR count). The molecule has 1 heterocycles. The zero-order valence-electron chi connectivity index (χ0n) is 11.7. The first-order chi connectivity index (χ1) is 9.17. The first-order valence-corrected chi connectivity index (χ1v) is 7.72. The minimum absolute atomic E-state index is 0.496. The normalized spacial score (nSPS) is 23.3. The Balaban J connectivity index is 1.98. The molecule has 1 aromatic carbocycles. The maximum atomic E-state index is 6.07. The van der Waals surface area contributed by atoms with Gasteiger partial charge in [0.05, 0.1) is 16.9 Å².